The predicted molar refractivity (Wildman–Crippen MR) is 98.4 cm³/mol. The third-order valence-corrected chi connectivity index (χ3v) is 5.42. The Morgan fingerprint density at radius 1 is 1.15 bits per heavy atom. The highest BCUT2D eigenvalue weighted by Gasteiger charge is 2.33. The van der Waals surface area contributed by atoms with Crippen LogP contribution < -0.4 is 10.2 Å². The van der Waals surface area contributed by atoms with Gasteiger partial charge < -0.3 is 15.1 Å². The van der Waals surface area contributed by atoms with Crippen molar-refractivity contribution >= 4 is 17.5 Å². The summed E-state index contributed by atoms with van der Waals surface area (Å²) in [7, 11) is 0. The third-order valence-electron chi connectivity index (χ3n) is 5.42. The van der Waals surface area contributed by atoms with Crippen molar-refractivity contribution in [2.75, 3.05) is 44.2 Å². The second kappa shape index (κ2) is 8.03. The molecule has 0 saturated carbocycles. The van der Waals surface area contributed by atoms with E-state index in [9.17, 15) is 14.0 Å². The van der Waals surface area contributed by atoms with E-state index in [-0.39, 0.29) is 23.7 Å². The van der Waals surface area contributed by atoms with Gasteiger partial charge in [0.2, 0.25) is 11.8 Å². The molecule has 2 aliphatic rings. The van der Waals surface area contributed by atoms with Gasteiger partial charge in [-0.3, -0.25) is 14.5 Å². The smallest absolute Gasteiger partial charge is 0.242 e. The molecule has 2 fully saturated rings. The first-order chi connectivity index (χ1) is 12.5. The number of carbonyl (C=O) groups is 2. The van der Waals surface area contributed by atoms with Crippen LogP contribution in [0, 0.1) is 5.82 Å². The van der Waals surface area contributed by atoms with Crippen LogP contribution in [-0.2, 0) is 9.59 Å². The highest BCUT2D eigenvalue weighted by molar-refractivity contribution is 5.89. The maximum Gasteiger partial charge on any atom is 0.242 e. The number of benzene rings is 1. The molecule has 2 heterocycles. The maximum absolute atomic E-state index is 13.1. The lowest BCUT2D eigenvalue weighted by molar-refractivity contribution is -0.142. The number of piperazine rings is 1. The van der Waals surface area contributed by atoms with Crippen LogP contribution in [0.4, 0.5) is 10.1 Å². The Bertz CT molecular complexity index is 643. The molecular formula is C19H27FN4O2. The summed E-state index contributed by atoms with van der Waals surface area (Å²) in [5.74, 6) is -0.295. The third kappa shape index (κ3) is 3.98. The quantitative estimate of drug-likeness (QED) is 0.874. The first-order valence-electron chi connectivity index (χ1n) is 9.30. The zero-order chi connectivity index (χ0) is 18.7. The average Bonchev–Trinajstić information content (AvgIpc) is 2.83. The molecule has 7 heteroatoms. The van der Waals surface area contributed by atoms with Gasteiger partial charge in [-0.25, -0.2) is 4.39 Å². The number of hydrogen-bond donors (Lipinski definition) is 1. The number of halogens is 1. The molecular weight excluding hydrogens is 335 g/mol. The van der Waals surface area contributed by atoms with Crippen LogP contribution >= 0.6 is 0 Å². The fraction of sp³-hybridized carbons (Fsp3) is 0.579. The Morgan fingerprint density at radius 3 is 2.46 bits per heavy atom. The fourth-order valence-electron chi connectivity index (χ4n) is 3.66. The van der Waals surface area contributed by atoms with Gasteiger partial charge in [0.15, 0.2) is 0 Å². The standard InChI is InChI=1S/C19H27FN4O2/c1-14-18(25)21-8-3-9-24(14)19(26)15(2)22-10-12-23(13-11-22)17-6-4-16(20)5-7-17/h4-7,14-15H,3,8-13H2,1-2H3,(H,21,25)/t14-,15+/m1/s1. The van der Waals surface area contributed by atoms with E-state index in [2.05, 4.69) is 15.1 Å². The lowest BCUT2D eigenvalue weighted by atomic mass is 10.1. The lowest BCUT2D eigenvalue weighted by Gasteiger charge is -2.40. The van der Waals surface area contributed by atoms with Gasteiger partial charge >= 0.3 is 0 Å². The molecule has 1 aromatic rings. The van der Waals surface area contributed by atoms with Crippen LogP contribution in [0.15, 0.2) is 24.3 Å². The minimum atomic E-state index is -0.423. The first kappa shape index (κ1) is 18.6. The molecule has 1 aromatic carbocycles. The normalized spacial score (nSPS) is 23.3. The number of carbonyl (C=O) groups excluding carboxylic acids is 2. The summed E-state index contributed by atoms with van der Waals surface area (Å²) < 4.78 is 13.1. The molecule has 0 spiro atoms. The molecule has 142 valence electrons. The van der Waals surface area contributed by atoms with Crippen molar-refractivity contribution in [1.29, 1.82) is 0 Å². The zero-order valence-electron chi connectivity index (χ0n) is 15.4. The van der Waals surface area contributed by atoms with E-state index in [1.807, 2.05) is 6.92 Å². The number of hydrogen-bond acceptors (Lipinski definition) is 4. The van der Waals surface area contributed by atoms with Crippen LogP contribution in [0.25, 0.3) is 0 Å². The van der Waals surface area contributed by atoms with Gasteiger partial charge in [-0.1, -0.05) is 0 Å². The van der Waals surface area contributed by atoms with E-state index < -0.39 is 6.04 Å². The fourth-order valence-corrected chi connectivity index (χ4v) is 3.66. The number of nitrogens with zero attached hydrogens (tertiary/aromatic N) is 3. The topological polar surface area (TPSA) is 55.9 Å². The second-order valence-corrected chi connectivity index (χ2v) is 7.03. The van der Waals surface area contributed by atoms with Gasteiger partial charge in [0.25, 0.3) is 0 Å². The summed E-state index contributed by atoms with van der Waals surface area (Å²) in [5, 5.41) is 2.85. The van der Waals surface area contributed by atoms with Crippen LogP contribution in [0.5, 0.6) is 0 Å². The highest BCUT2D eigenvalue weighted by atomic mass is 19.1. The molecule has 1 N–H and O–H groups in total. The van der Waals surface area contributed by atoms with Gasteiger partial charge in [0.05, 0.1) is 6.04 Å². The van der Waals surface area contributed by atoms with E-state index >= 15 is 0 Å². The summed E-state index contributed by atoms with van der Waals surface area (Å²) in [6.07, 6.45) is 0.785. The van der Waals surface area contributed by atoms with Crippen molar-refractivity contribution in [2.45, 2.75) is 32.4 Å². The number of anilines is 1. The molecule has 0 aliphatic carbocycles. The van der Waals surface area contributed by atoms with E-state index in [4.69, 9.17) is 0 Å². The summed E-state index contributed by atoms with van der Waals surface area (Å²) in [6.45, 7) is 8.05. The molecule has 2 aliphatic heterocycles. The molecule has 2 amide bonds. The molecule has 0 unspecified atom stereocenters. The maximum atomic E-state index is 13.1. The summed E-state index contributed by atoms with van der Waals surface area (Å²) in [4.78, 5) is 31.0. The molecule has 0 aromatic heterocycles. The Morgan fingerprint density at radius 2 is 1.81 bits per heavy atom. The lowest BCUT2D eigenvalue weighted by Crippen LogP contribution is -2.57. The van der Waals surface area contributed by atoms with Crippen LogP contribution in [0.2, 0.25) is 0 Å². The summed E-state index contributed by atoms with van der Waals surface area (Å²) in [5.41, 5.74) is 1.00. The summed E-state index contributed by atoms with van der Waals surface area (Å²) in [6, 6.07) is 5.85. The van der Waals surface area contributed by atoms with Crippen molar-refractivity contribution in [3.05, 3.63) is 30.1 Å². The van der Waals surface area contributed by atoms with Gasteiger partial charge in [-0.15, -0.1) is 0 Å². The molecule has 3 rings (SSSR count). The van der Waals surface area contributed by atoms with Gasteiger partial charge in [-0.05, 0) is 44.5 Å². The Kier molecular flexibility index (Phi) is 5.76. The average molecular weight is 362 g/mol. The van der Waals surface area contributed by atoms with E-state index in [1.165, 1.54) is 12.1 Å². The van der Waals surface area contributed by atoms with Gasteiger partial charge in [0.1, 0.15) is 11.9 Å². The van der Waals surface area contributed by atoms with Crippen molar-refractivity contribution in [3.63, 3.8) is 0 Å². The monoisotopic (exact) mass is 362 g/mol. The number of amides is 2. The largest absolute Gasteiger partial charge is 0.369 e. The second-order valence-electron chi connectivity index (χ2n) is 7.03. The number of nitrogens with one attached hydrogen (secondary N) is 1. The molecule has 2 atom stereocenters. The van der Waals surface area contributed by atoms with Crippen molar-refractivity contribution < 1.29 is 14.0 Å². The Balaban J connectivity index is 1.58. The van der Waals surface area contributed by atoms with Crippen molar-refractivity contribution in [2.24, 2.45) is 0 Å². The predicted octanol–water partition coefficient (Wildman–Crippen LogP) is 1.07. The molecule has 0 bridgehead atoms. The van der Waals surface area contributed by atoms with Crippen LogP contribution in [0.1, 0.15) is 20.3 Å². The van der Waals surface area contributed by atoms with Crippen molar-refractivity contribution in [1.82, 2.24) is 15.1 Å². The van der Waals surface area contributed by atoms with Gasteiger partial charge in [0, 0.05) is 45.0 Å². The molecule has 2 saturated heterocycles. The van der Waals surface area contributed by atoms with Crippen molar-refractivity contribution in [3.8, 4) is 0 Å². The number of rotatable bonds is 3. The van der Waals surface area contributed by atoms with Crippen LogP contribution in [-0.4, -0.2) is 73.0 Å². The minimum absolute atomic E-state index is 0.0183. The van der Waals surface area contributed by atoms with E-state index in [0.29, 0.717) is 13.1 Å². The van der Waals surface area contributed by atoms with E-state index in [0.717, 1.165) is 38.3 Å². The first-order valence-corrected chi connectivity index (χ1v) is 9.30. The Labute approximate surface area is 153 Å². The molecule has 26 heavy (non-hydrogen) atoms. The van der Waals surface area contributed by atoms with Gasteiger partial charge in [-0.2, -0.15) is 0 Å². The molecule has 0 radical (unpaired) electrons. The van der Waals surface area contributed by atoms with E-state index in [1.54, 1.807) is 24.0 Å². The summed E-state index contributed by atoms with van der Waals surface area (Å²) >= 11 is 0. The Hall–Kier alpha value is -2.15. The minimum Gasteiger partial charge on any atom is -0.369 e. The van der Waals surface area contributed by atoms with Crippen LogP contribution in [0.3, 0.4) is 0 Å². The molecule has 6 nitrogen and oxygen atoms in total. The highest BCUT2D eigenvalue weighted by Crippen LogP contribution is 2.19. The zero-order valence-corrected chi connectivity index (χ0v) is 15.4. The SMILES string of the molecule is C[C@@H]1C(=O)NCCCN1C(=O)[C@H](C)N1CCN(c2ccc(F)cc2)CC1.